The molecule has 1 atom stereocenters. The number of H-pyrrole nitrogens is 1. The van der Waals surface area contributed by atoms with E-state index in [1.165, 1.54) is 24.8 Å². The molecule has 1 N–H and O–H groups in total. The van der Waals surface area contributed by atoms with Gasteiger partial charge in [-0.1, -0.05) is 0 Å². The maximum atomic E-state index is 12.4. The first-order valence-corrected chi connectivity index (χ1v) is 6.21. The second kappa shape index (κ2) is 4.93. The number of aromatic nitrogens is 4. The average molecular weight is 288 g/mol. The molecule has 0 radical (unpaired) electrons. The van der Waals surface area contributed by atoms with Gasteiger partial charge in [0.1, 0.15) is 11.8 Å². The molecular weight excluding hydrogens is 276 g/mol. The average Bonchev–Trinajstić information content (AvgIpc) is 3.06. The summed E-state index contributed by atoms with van der Waals surface area (Å²) in [6.07, 6.45) is 2.73. The molecule has 9 heteroatoms. The molecule has 0 fully saturated rings. The number of hydrogen-bond acceptors (Lipinski definition) is 7. The van der Waals surface area contributed by atoms with Crippen LogP contribution in [0.3, 0.4) is 0 Å². The zero-order valence-corrected chi connectivity index (χ0v) is 11.4. The van der Waals surface area contributed by atoms with E-state index < -0.39 is 11.9 Å². The summed E-state index contributed by atoms with van der Waals surface area (Å²) in [7, 11) is 1.28. The van der Waals surface area contributed by atoms with E-state index in [2.05, 4.69) is 29.8 Å². The number of aromatic amines is 1. The number of imidazole rings is 1. The van der Waals surface area contributed by atoms with Crippen molar-refractivity contribution in [2.45, 2.75) is 13.3 Å². The summed E-state index contributed by atoms with van der Waals surface area (Å²) in [6, 6.07) is 0. The number of rotatable bonds is 3. The normalized spacial score (nSPS) is 18.2. The van der Waals surface area contributed by atoms with Gasteiger partial charge in [-0.25, -0.2) is 15.0 Å². The number of hydrogen-bond donors (Lipinski definition) is 1. The Kier molecular flexibility index (Phi) is 3.09. The molecule has 0 aromatic carbocycles. The number of fused-ring (bicyclic) bond motifs is 1. The molecule has 0 saturated heterocycles. The van der Waals surface area contributed by atoms with Crippen molar-refractivity contribution in [2.75, 3.05) is 12.1 Å². The number of esters is 1. The molecule has 1 aliphatic rings. The van der Waals surface area contributed by atoms with Crippen molar-refractivity contribution in [3.8, 4) is 0 Å². The van der Waals surface area contributed by atoms with Gasteiger partial charge in [-0.3, -0.25) is 9.59 Å². The molecule has 9 nitrogen and oxygen atoms in total. The Morgan fingerprint density at radius 2 is 2.24 bits per heavy atom. The molecular formula is C12H12N6O3. The van der Waals surface area contributed by atoms with Crippen molar-refractivity contribution in [3.63, 3.8) is 0 Å². The van der Waals surface area contributed by atoms with Crippen LogP contribution in [0.15, 0.2) is 17.8 Å². The van der Waals surface area contributed by atoms with E-state index in [1.54, 1.807) is 6.92 Å². The van der Waals surface area contributed by atoms with E-state index in [4.69, 9.17) is 0 Å². The molecule has 3 rings (SSSR count). The van der Waals surface area contributed by atoms with Crippen LogP contribution in [0.5, 0.6) is 0 Å². The topological polar surface area (TPSA) is 113 Å². The Morgan fingerprint density at radius 3 is 3.00 bits per heavy atom. The summed E-state index contributed by atoms with van der Waals surface area (Å²) in [5, 5.41) is 5.36. The lowest BCUT2D eigenvalue weighted by molar-refractivity contribution is -0.142. The summed E-state index contributed by atoms with van der Waals surface area (Å²) < 4.78 is 4.60. The van der Waals surface area contributed by atoms with E-state index in [0.29, 0.717) is 22.7 Å². The summed E-state index contributed by atoms with van der Waals surface area (Å²) in [4.78, 5) is 38.8. The van der Waals surface area contributed by atoms with Crippen molar-refractivity contribution in [2.24, 2.45) is 11.0 Å². The second-order valence-corrected chi connectivity index (χ2v) is 4.52. The minimum absolute atomic E-state index is 0.0433. The maximum absolute atomic E-state index is 12.4. The fraction of sp³-hybridized carbons (Fsp3) is 0.333. The van der Waals surface area contributed by atoms with Gasteiger partial charge < -0.3 is 9.72 Å². The number of amides is 1. The van der Waals surface area contributed by atoms with Crippen LogP contribution in [0.25, 0.3) is 11.2 Å². The lowest BCUT2D eigenvalue weighted by Crippen LogP contribution is -2.29. The third-order valence-electron chi connectivity index (χ3n) is 3.27. The van der Waals surface area contributed by atoms with Gasteiger partial charge in [0.2, 0.25) is 0 Å². The van der Waals surface area contributed by atoms with Gasteiger partial charge in [-0.15, -0.1) is 0 Å². The minimum atomic E-state index is -0.634. The Morgan fingerprint density at radius 1 is 1.43 bits per heavy atom. The molecule has 108 valence electrons. The Bertz CT molecular complexity index is 752. The van der Waals surface area contributed by atoms with Crippen molar-refractivity contribution < 1.29 is 14.3 Å². The molecule has 0 spiro atoms. The van der Waals surface area contributed by atoms with E-state index >= 15 is 0 Å². The molecule has 2 aromatic heterocycles. The van der Waals surface area contributed by atoms with Gasteiger partial charge in [0, 0.05) is 5.71 Å². The summed E-state index contributed by atoms with van der Waals surface area (Å²) in [5.74, 6) is -1.11. The highest BCUT2D eigenvalue weighted by atomic mass is 16.5. The highest BCUT2D eigenvalue weighted by Gasteiger charge is 2.37. The zero-order valence-electron chi connectivity index (χ0n) is 11.4. The Labute approximate surface area is 119 Å². The first kappa shape index (κ1) is 13.2. The maximum Gasteiger partial charge on any atom is 0.306 e. The predicted octanol–water partition coefficient (Wildman–Crippen LogP) is 0.255. The number of anilines is 1. The Balaban J connectivity index is 1.96. The van der Waals surface area contributed by atoms with Gasteiger partial charge >= 0.3 is 5.97 Å². The second-order valence-electron chi connectivity index (χ2n) is 4.52. The molecule has 0 aliphatic carbocycles. The fourth-order valence-corrected chi connectivity index (χ4v) is 2.15. The standard InChI is InChI=1S/C12H12N6O3/c1-6-7(3-8(19)21-2)12(20)18(17-6)11-9-10(14-4-13-9)15-5-16-11/h4-5,7H,3H2,1-2H3,(H,13,14,15,16). The van der Waals surface area contributed by atoms with Crippen LogP contribution in [0, 0.1) is 5.92 Å². The molecule has 1 unspecified atom stereocenters. The summed E-state index contributed by atoms with van der Waals surface area (Å²) >= 11 is 0. The van der Waals surface area contributed by atoms with Crippen LogP contribution < -0.4 is 5.01 Å². The number of nitrogens with one attached hydrogen (secondary N) is 1. The quantitative estimate of drug-likeness (QED) is 0.810. The van der Waals surface area contributed by atoms with E-state index in [1.807, 2.05) is 0 Å². The zero-order chi connectivity index (χ0) is 15.0. The van der Waals surface area contributed by atoms with Crippen LogP contribution in [0.4, 0.5) is 5.82 Å². The molecule has 21 heavy (non-hydrogen) atoms. The number of nitrogens with zero attached hydrogens (tertiary/aromatic N) is 5. The largest absolute Gasteiger partial charge is 0.469 e. The third kappa shape index (κ3) is 2.12. The number of carbonyl (C=O) groups excluding carboxylic acids is 2. The van der Waals surface area contributed by atoms with E-state index in [0.717, 1.165) is 0 Å². The SMILES string of the molecule is COC(=O)CC1C(=O)N(c2ncnc3nc[nH]c23)N=C1C. The fourth-order valence-electron chi connectivity index (χ4n) is 2.15. The van der Waals surface area contributed by atoms with Gasteiger partial charge in [0.15, 0.2) is 11.5 Å². The predicted molar refractivity (Wildman–Crippen MR) is 72.4 cm³/mol. The molecule has 1 aliphatic heterocycles. The van der Waals surface area contributed by atoms with Crippen molar-refractivity contribution in [1.82, 2.24) is 19.9 Å². The van der Waals surface area contributed by atoms with Crippen LogP contribution in [-0.2, 0) is 14.3 Å². The molecule has 0 saturated carbocycles. The van der Waals surface area contributed by atoms with Gasteiger partial charge in [-0.2, -0.15) is 10.1 Å². The van der Waals surface area contributed by atoms with Crippen LogP contribution in [-0.4, -0.2) is 44.6 Å². The first-order valence-electron chi connectivity index (χ1n) is 6.21. The lowest BCUT2D eigenvalue weighted by Gasteiger charge is -2.12. The Hall–Kier alpha value is -2.84. The summed E-state index contributed by atoms with van der Waals surface area (Å²) in [6.45, 7) is 1.69. The number of ether oxygens (including phenoxy) is 1. The molecule has 0 bridgehead atoms. The lowest BCUT2D eigenvalue weighted by atomic mass is 10.0. The van der Waals surface area contributed by atoms with Gasteiger partial charge in [0.25, 0.3) is 5.91 Å². The monoisotopic (exact) mass is 288 g/mol. The van der Waals surface area contributed by atoms with Gasteiger partial charge in [-0.05, 0) is 6.92 Å². The van der Waals surface area contributed by atoms with Crippen molar-refractivity contribution >= 4 is 34.6 Å². The molecule has 2 aromatic rings. The van der Waals surface area contributed by atoms with Crippen LogP contribution in [0.1, 0.15) is 13.3 Å². The third-order valence-corrected chi connectivity index (χ3v) is 3.27. The highest BCUT2D eigenvalue weighted by molar-refractivity contribution is 6.17. The number of methoxy groups -OCH3 is 1. The summed E-state index contributed by atoms with van der Waals surface area (Å²) in [5.41, 5.74) is 1.50. The number of carbonyl (C=O) groups is 2. The highest BCUT2D eigenvalue weighted by Crippen LogP contribution is 2.27. The van der Waals surface area contributed by atoms with E-state index in [-0.39, 0.29) is 12.3 Å². The number of hydrazone groups is 1. The van der Waals surface area contributed by atoms with E-state index in [9.17, 15) is 9.59 Å². The van der Waals surface area contributed by atoms with Gasteiger partial charge in [0.05, 0.1) is 25.8 Å². The van der Waals surface area contributed by atoms with Crippen LogP contribution >= 0.6 is 0 Å². The smallest absolute Gasteiger partial charge is 0.306 e. The minimum Gasteiger partial charge on any atom is -0.469 e. The van der Waals surface area contributed by atoms with Crippen molar-refractivity contribution in [1.29, 1.82) is 0 Å². The molecule has 1 amide bonds. The first-order chi connectivity index (χ1) is 10.1. The molecule has 3 heterocycles. The van der Waals surface area contributed by atoms with Crippen LogP contribution in [0.2, 0.25) is 0 Å². The van der Waals surface area contributed by atoms with Crippen molar-refractivity contribution in [3.05, 3.63) is 12.7 Å².